The number of nitrogen functional groups attached to an aromatic ring is 2. The van der Waals surface area contributed by atoms with E-state index in [1.807, 2.05) is 0 Å². The summed E-state index contributed by atoms with van der Waals surface area (Å²) in [6, 6.07) is 6.47. The molecule has 5 N–H and O–H groups in total. The smallest absolute Gasteiger partial charge is 0.257 e. The number of nitrogens with zero attached hydrogens (tertiary/aromatic N) is 1. The maximum atomic E-state index is 12.0. The Morgan fingerprint density at radius 3 is 2.72 bits per heavy atom. The number of nitrogens with two attached hydrogens (primary N) is 2. The van der Waals surface area contributed by atoms with Gasteiger partial charge < -0.3 is 16.8 Å². The van der Waals surface area contributed by atoms with Gasteiger partial charge in [-0.1, -0.05) is 0 Å². The molecule has 0 aliphatic carbocycles. The van der Waals surface area contributed by atoms with Gasteiger partial charge in [-0.2, -0.15) is 0 Å². The number of nitrogens with one attached hydrogen (secondary N) is 1. The second kappa shape index (κ2) is 5.05. The molecular weight excluding hydrogens is 296 g/mol. The van der Waals surface area contributed by atoms with Crippen LogP contribution in [0.15, 0.2) is 41.1 Å². The minimum absolute atomic E-state index is 0.292. The number of carbonyl (C=O) groups excluding carboxylic acids is 1. The molecule has 0 aliphatic heterocycles. The van der Waals surface area contributed by atoms with Gasteiger partial charge in [0.25, 0.3) is 5.91 Å². The summed E-state index contributed by atoms with van der Waals surface area (Å²) in [5, 5.41) is 2.74. The van der Waals surface area contributed by atoms with E-state index in [1.54, 1.807) is 36.7 Å². The number of halogens is 1. The first kappa shape index (κ1) is 12.4. The lowest BCUT2D eigenvalue weighted by atomic mass is 10.1. The Bertz CT molecular complexity index is 600. The van der Waals surface area contributed by atoms with Crippen molar-refractivity contribution in [1.82, 2.24) is 4.98 Å². The summed E-state index contributed by atoms with van der Waals surface area (Å²) in [7, 11) is 0. The average molecular weight is 307 g/mol. The Morgan fingerprint density at radius 2 is 2.06 bits per heavy atom. The normalized spacial score (nSPS) is 10.1. The van der Waals surface area contributed by atoms with Crippen LogP contribution in [0.2, 0.25) is 0 Å². The lowest BCUT2D eigenvalue weighted by Gasteiger charge is -2.09. The van der Waals surface area contributed by atoms with Crippen LogP contribution < -0.4 is 16.8 Å². The summed E-state index contributed by atoms with van der Waals surface area (Å²) in [5.74, 6) is -0.292. The van der Waals surface area contributed by atoms with Crippen molar-refractivity contribution in [3.63, 3.8) is 0 Å². The van der Waals surface area contributed by atoms with Gasteiger partial charge in [0.05, 0.1) is 15.7 Å². The van der Waals surface area contributed by atoms with Crippen molar-refractivity contribution in [3.05, 3.63) is 46.7 Å². The minimum Gasteiger partial charge on any atom is -0.399 e. The van der Waals surface area contributed by atoms with Crippen LogP contribution >= 0.6 is 15.9 Å². The fourth-order valence-corrected chi connectivity index (χ4v) is 1.80. The third-order valence-corrected chi connectivity index (χ3v) is 2.97. The Balaban J connectivity index is 2.25. The number of anilines is 3. The zero-order valence-electron chi connectivity index (χ0n) is 9.35. The molecule has 18 heavy (non-hydrogen) atoms. The van der Waals surface area contributed by atoms with E-state index in [0.717, 1.165) is 0 Å². The zero-order chi connectivity index (χ0) is 13.1. The van der Waals surface area contributed by atoms with Crippen LogP contribution in [-0.4, -0.2) is 10.9 Å². The predicted octanol–water partition coefficient (Wildman–Crippen LogP) is 2.26. The van der Waals surface area contributed by atoms with E-state index < -0.39 is 0 Å². The fourth-order valence-electron chi connectivity index (χ4n) is 1.45. The van der Waals surface area contributed by atoms with Crippen molar-refractivity contribution in [2.45, 2.75) is 0 Å². The van der Waals surface area contributed by atoms with Gasteiger partial charge in [-0.05, 0) is 40.2 Å². The predicted molar refractivity (Wildman–Crippen MR) is 75.2 cm³/mol. The van der Waals surface area contributed by atoms with Gasteiger partial charge in [-0.15, -0.1) is 0 Å². The second-order valence-corrected chi connectivity index (χ2v) is 4.51. The van der Waals surface area contributed by atoms with Crippen LogP contribution in [0.1, 0.15) is 10.4 Å². The number of benzene rings is 1. The number of aromatic nitrogens is 1. The first-order valence-corrected chi connectivity index (χ1v) is 5.93. The monoisotopic (exact) mass is 306 g/mol. The molecule has 1 amide bonds. The number of amides is 1. The third-order valence-electron chi connectivity index (χ3n) is 2.34. The zero-order valence-corrected chi connectivity index (χ0v) is 10.9. The summed E-state index contributed by atoms with van der Waals surface area (Å²) in [4.78, 5) is 15.9. The molecule has 2 rings (SSSR count). The quantitative estimate of drug-likeness (QED) is 0.742. The van der Waals surface area contributed by atoms with Crippen molar-refractivity contribution >= 4 is 38.9 Å². The minimum atomic E-state index is -0.292. The highest BCUT2D eigenvalue weighted by Gasteiger charge is 2.11. The number of pyridine rings is 1. The van der Waals surface area contributed by atoms with Gasteiger partial charge in [0, 0.05) is 23.8 Å². The van der Waals surface area contributed by atoms with Crippen LogP contribution in [0.3, 0.4) is 0 Å². The summed E-state index contributed by atoms with van der Waals surface area (Å²) in [6.07, 6.45) is 3.19. The number of rotatable bonds is 2. The largest absolute Gasteiger partial charge is 0.399 e. The third kappa shape index (κ3) is 2.60. The summed E-state index contributed by atoms with van der Waals surface area (Å²) in [5.41, 5.74) is 13.2. The van der Waals surface area contributed by atoms with Gasteiger partial charge in [0.1, 0.15) is 0 Å². The molecule has 0 radical (unpaired) electrons. The van der Waals surface area contributed by atoms with Gasteiger partial charge in [-0.3, -0.25) is 9.78 Å². The molecule has 92 valence electrons. The fraction of sp³-hybridized carbons (Fsp3) is 0. The molecule has 0 aliphatic rings. The lowest BCUT2D eigenvalue weighted by molar-refractivity contribution is 0.102. The first-order valence-electron chi connectivity index (χ1n) is 5.14. The van der Waals surface area contributed by atoms with E-state index in [0.29, 0.717) is 27.1 Å². The Morgan fingerprint density at radius 1 is 1.28 bits per heavy atom. The molecule has 0 bridgehead atoms. The van der Waals surface area contributed by atoms with Crippen molar-refractivity contribution in [2.75, 3.05) is 16.8 Å². The lowest BCUT2D eigenvalue weighted by Crippen LogP contribution is -2.14. The molecule has 0 fully saturated rings. The van der Waals surface area contributed by atoms with Crippen LogP contribution in [0.5, 0.6) is 0 Å². The molecule has 6 heteroatoms. The molecule has 1 heterocycles. The highest BCUT2D eigenvalue weighted by Crippen LogP contribution is 2.22. The molecule has 1 aromatic heterocycles. The second-order valence-electron chi connectivity index (χ2n) is 3.66. The summed E-state index contributed by atoms with van der Waals surface area (Å²) >= 11 is 3.30. The molecule has 1 aromatic carbocycles. The van der Waals surface area contributed by atoms with Crippen LogP contribution in [0.4, 0.5) is 17.1 Å². The summed E-state index contributed by atoms with van der Waals surface area (Å²) in [6.45, 7) is 0. The molecule has 0 saturated heterocycles. The first-order chi connectivity index (χ1) is 8.58. The number of hydrogen-bond acceptors (Lipinski definition) is 4. The average Bonchev–Trinajstić information content (AvgIpc) is 2.32. The van der Waals surface area contributed by atoms with Gasteiger partial charge in [0.15, 0.2) is 0 Å². The molecule has 0 unspecified atom stereocenters. The van der Waals surface area contributed by atoms with E-state index in [4.69, 9.17) is 11.5 Å². The van der Waals surface area contributed by atoms with Gasteiger partial charge >= 0.3 is 0 Å². The van der Waals surface area contributed by atoms with Gasteiger partial charge in [-0.25, -0.2) is 0 Å². The van der Waals surface area contributed by atoms with E-state index >= 15 is 0 Å². The molecule has 2 aromatic rings. The van der Waals surface area contributed by atoms with E-state index in [-0.39, 0.29) is 5.91 Å². The maximum absolute atomic E-state index is 12.0. The van der Waals surface area contributed by atoms with E-state index in [2.05, 4.69) is 26.2 Å². The highest BCUT2D eigenvalue weighted by molar-refractivity contribution is 9.10. The van der Waals surface area contributed by atoms with E-state index in [9.17, 15) is 4.79 Å². The van der Waals surface area contributed by atoms with Crippen molar-refractivity contribution in [3.8, 4) is 0 Å². The van der Waals surface area contributed by atoms with Crippen LogP contribution in [-0.2, 0) is 0 Å². The maximum Gasteiger partial charge on any atom is 0.257 e. The molecule has 0 saturated carbocycles. The highest BCUT2D eigenvalue weighted by atomic mass is 79.9. The summed E-state index contributed by atoms with van der Waals surface area (Å²) < 4.78 is 0.701. The van der Waals surface area contributed by atoms with Gasteiger partial charge in [0.2, 0.25) is 0 Å². The van der Waals surface area contributed by atoms with Crippen molar-refractivity contribution in [2.24, 2.45) is 0 Å². The Hall–Kier alpha value is -2.08. The van der Waals surface area contributed by atoms with Crippen molar-refractivity contribution in [1.29, 1.82) is 0 Å². The molecule has 0 atom stereocenters. The van der Waals surface area contributed by atoms with Crippen LogP contribution in [0, 0.1) is 0 Å². The molecular formula is C12H11BrN4O. The van der Waals surface area contributed by atoms with Crippen LogP contribution in [0.25, 0.3) is 0 Å². The topological polar surface area (TPSA) is 94.0 Å². The molecule has 5 nitrogen and oxygen atoms in total. The van der Waals surface area contributed by atoms with E-state index in [1.165, 1.54) is 0 Å². The number of hydrogen-bond donors (Lipinski definition) is 3. The van der Waals surface area contributed by atoms with Crippen molar-refractivity contribution < 1.29 is 4.79 Å². The SMILES string of the molecule is Nc1ccc(C(=O)Nc2ccncc2Br)c(N)c1. The standard InChI is InChI=1S/C12H11BrN4O/c13-9-6-16-4-3-11(9)17-12(18)8-2-1-7(14)5-10(8)15/h1-6H,14-15H2,(H,16,17,18). The number of carbonyl (C=O) groups is 1. The molecule has 0 spiro atoms. The Labute approximate surface area is 112 Å². The Kier molecular flexibility index (Phi) is 3.47.